The predicted octanol–water partition coefficient (Wildman–Crippen LogP) is -0.288. The van der Waals surface area contributed by atoms with Crippen molar-refractivity contribution in [2.24, 2.45) is 0 Å². The van der Waals surface area contributed by atoms with E-state index in [0.717, 1.165) is 12.5 Å². The van der Waals surface area contributed by atoms with Gasteiger partial charge in [0.15, 0.2) is 29.8 Å². The van der Waals surface area contributed by atoms with Crippen LogP contribution in [0.15, 0.2) is 24.0 Å². The van der Waals surface area contributed by atoms with Crippen LogP contribution in [0.2, 0.25) is 0 Å². The van der Waals surface area contributed by atoms with Gasteiger partial charge in [0.1, 0.15) is 11.8 Å². The smallest absolute Gasteiger partial charge is 0.340 e. The molecule has 0 saturated carbocycles. The maximum atomic E-state index is 12.9. The minimum Gasteiger partial charge on any atom is -0.504 e. The van der Waals surface area contributed by atoms with Crippen LogP contribution < -0.4 is 10.1 Å². The zero-order chi connectivity index (χ0) is 32.7. The average Bonchev–Trinajstić information content (AvgIpc) is 3.31. The Morgan fingerprint density at radius 3 is 2.50 bits per heavy atom. The number of hydrogen-bond acceptors (Lipinski definition) is 12. The fraction of sp³-hybridized carbons (Fsp3) is 0.552. The Balaban J connectivity index is 1.47. The molecule has 1 spiro atoms. The van der Waals surface area contributed by atoms with Gasteiger partial charge in [-0.3, -0.25) is 14.4 Å². The van der Waals surface area contributed by atoms with E-state index in [1.54, 1.807) is 6.07 Å². The highest BCUT2D eigenvalue weighted by Crippen LogP contribution is 2.62. The summed E-state index contributed by atoms with van der Waals surface area (Å²) < 4.78 is 16.6. The fourth-order valence-electron chi connectivity index (χ4n) is 6.39. The van der Waals surface area contributed by atoms with Crippen LogP contribution in [0.3, 0.4) is 0 Å². The summed E-state index contributed by atoms with van der Waals surface area (Å²) in [4.78, 5) is 61.6. The Labute approximate surface area is 252 Å². The number of fused-ring (bicyclic) bond motifs is 1. The van der Waals surface area contributed by atoms with Gasteiger partial charge in [-0.1, -0.05) is 6.07 Å². The number of aliphatic hydroxyl groups is 2. The first-order valence-electron chi connectivity index (χ1n) is 14.0. The van der Waals surface area contributed by atoms with Crippen molar-refractivity contribution < 1.29 is 63.7 Å². The van der Waals surface area contributed by atoms with Crippen molar-refractivity contribution in [3.05, 3.63) is 35.1 Å². The first-order chi connectivity index (χ1) is 20.5. The van der Waals surface area contributed by atoms with E-state index >= 15 is 0 Å². The monoisotopic (exact) mass is 620 g/mol. The van der Waals surface area contributed by atoms with Gasteiger partial charge in [0.05, 0.1) is 23.9 Å². The van der Waals surface area contributed by atoms with Gasteiger partial charge in [-0.2, -0.15) is 0 Å². The Morgan fingerprint density at radius 1 is 1.18 bits per heavy atom. The number of aliphatic carboxylic acids is 2. The molecule has 4 rings (SSSR count). The zero-order valence-electron chi connectivity index (χ0n) is 24.6. The normalized spacial score (nSPS) is 27.6. The molecule has 0 unspecified atom stereocenters. The third kappa shape index (κ3) is 5.57. The number of amides is 1. The lowest BCUT2D eigenvalue weighted by atomic mass is 9.54. The average molecular weight is 621 g/mol. The lowest BCUT2D eigenvalue weighted by molar-refractivity contribution is -0.169. The van der Waals surface area contributed by atoms with Crippen molar-refractivity contribution in [2.75, 3.05) is 13.6 Å². The van der Waals surface area contributed by atoms with Crippen LogP contribution in [0.1, 0.15) is 50.7 Å². The molecule has 1 aliphatic carbocycles. The highest BCUT2D eigenvalue weighted by Gasteiger charge is 2.69. The predicted molar refractivity (Wildman–Crippen MR) is 147 cm³/mol. The molecule has 15 heteroatoms. The maximum Gasteiger partial charge on any atom is 0.340 e. The van der Waals surface area contributed by atoms with E-state index in [-0.39, 0.29) is 29.7 Å². The van der Waals surface area contributed by atoms with Crippen molar-refractivity contribution in [3.63, 3.8) is 0 Å². The number of rotatable bonds is 10. The summed E-state index contributed by atoms with van der Waals surface area (Å²) >= 11 is 0. The van der Waals surface area contributed by atoms with Crippen LogP contribution in [0, 0.1) is 6.92 Å². The van der Waals surface area contributed by atoms with E-state index in [9.17, 15) is 39.3 Å². The van der Waals surface area contributed by atoms with Gasteiger partial charge in [0.2, 0.25) is 0 Å². The molecule has 2 aliphatic heterocycles. The van der Waals surface area contributed by atoms with E-state index in [1.807, 2.05) is 31.1 Å². The highest BCUT2D eigenvalue weighted by atomic mass is 16.6. The second-order valence-corrected chi connectivity index (χ2v) is 11.5. The summed E-state index contributed by atoms with van der Waals surface area (Å²) in [6.45, 7) is 5.36. The number of carboxylic acid groups (broad SMARTS) is 2. The summed E-state index contributed by atoms with van der Waals surface area (Å²) in [6.07, 6.45) is -4.56. The zero-order valence-corrected chi connectivity index (χ0v) is 24.6. The van der Waals surface area contributed by atoms with Crippen LogP contribution in [-0.2, 0) is 38.9 Å². The third-order valence-electron chi connectivity index (χ3n) is 8.85. The molecule has 0 bridgehead atoms. The van der Waals surface area contributed by atoms with Gasteiger partial charge in [0, 0.05) is 18.0 Å². The van der Waals surface area contributed by atoms with Gasteiger partial charge >= 0.3 is 23.9 Å². The molecule has 1 aromatic carbocycles. The number of aromatic hydroxyl groups is 1. The first-order valence-corrected chi connectivity index (χ1v) is 14.0. The molecule has 3 aliphatic rings. The number of likely N-dealkylation sites (N-methyl/N-ethyl adjacent to an activating group) is 1. The molecule has 0 aromatic heterocycles. The number of aliphatic hydroxyl groups excluding tert-OH is 1. The number of phenolic OH excluding ortho intramolecular Hbond substituents is 1. The van der Waals surface area contributed by atoms with Gasteiger partial charge in [-0.25, -0.2) is 9.59 Å². The van der Waals surface area contributed by atoms with Crippen LogP contribution in [0.4, 0.5) is 0 Å². The minimum absolute atomic E-state index is 0.00951. The lowest BCUT2D eigenvalue weighted by Gasteiger charge is -2.58. The number of hydrogen-bond donors (Lipinski definition) is 6. The number of benzene rings is 1. The van der Waals surface area contributed by atoms with Crippen molar-refractivity contribution >= 4 is 29.8 Å². The molecule has 6 N–H and O–H groups in total. The maximum absolute atomic E-state index is 12.9. The molecular weight excluding hydrogens is 584 g/mol. The lowest BCUT2D eigenvalue weighted by Crippen LogP contribution is -2.71. The van der Waals surface area contributed by atoms with Crippen LogP contribution >= 0.6 is 0 Å². The Morgan fingerprint density at radius 2 is 1.86 bits per heavy atom. The molecule has 1 fully saturated rings. The molecular formula is C29H36N2O13. The number of ether oxygens (including phenoxy) is 3. The topological polar surface area (TPSA) is 229 Å². The van der Waals surface area contributed by atoms with Crippen molar-refractivity contribution in [2.45, 2.75) is 87.9 Å². The number of carbonyl (C=O) groups excluding carboxylic acids is 3. The van der Waals surface area contributed by atoms with Crippen LogP contribution in [0.25, 0.3) is 0 Å². The van der Waals surface area contributed by atoms with Crippen LogP contribution in [-0.4, -0.2) is 110 Å². The van der Waals surface area contributed by atoms with E-state index in [1.165, 1.54) is 12.1 Å². The second kappa shape index (κ2) is 12.1. The van der Waals surface area contributed by atoms with Gasteiger partial charge < -0.3 is 50.0 Å². The molecule has 15 nitrogen and oxygen atoms in total. The number of piperidine rings is 1. The molecule has 1 saturated heterocycles. The van der Waals surface area contributed by atoms with E-state index < -0.39 is 78.0 Å². The van der Waals surface area contributed by atoms with Gasteiger partial charge in [-0.05, 0) is 58.5 Å². The van der Waals surface area contributed by atoms with Crippen molar-refractivity contribution in [3.8, 4) is 11.5 Å². The Kier molecular flexibility index (Phi) is 8.96. The number of nitrogens with zero attached hydrogens (tertiary/aromatic N) is 1. The molecule has 1 amide bonds. The second-order valence-electron chi connectivity index (χ2n) is 11.5. The molecule has 7 atom stereocenters. The largest absolute Gasteiger partial charge is 0.504 e. The molecule has 44 heavy (non-hydrogen) atoms. The van der Waals surface area contributed by atoms with E-state index in [4.69, 9.17) is 24.4 Å². The third-order valence-corrected chi connectivity index (χ3v) is 8.85. The van der Waals surface area contributed by atoms with E-state index in [0.29, 0.717) is 18.5 Å². The standard InChI is InChI=1S/C29H36N2O13/c1-13-5-6-17(32)23-22(13)28-9-10-31(4)15(3)29(28,41)8-7-19(24(28)44-23)43-27(40)18(33)12-21(36)42-14(2)25(37)30-16(26(38)39)11-20(34)35/h5-7,14-16,18,24,32-33,41H,8-12H2,1-4H3,(H,30,37)(H,34,35)(H,38,39)/t14-,15+,16-,18-,24-,28-,29+/m0/s1. The first kappa shape index (κ1) is 32.7. The number of carbonyl (C=O) groups is 5. The van der Waals surface area contributed by atoms with Gasteiger partial charge in [-0.15, -0.1) is 0 Å². The number of nitrogens with one attached hydrogen (secondary N) is 1. The summed E-state index contributed by atoms with van der Waals surface area (Å²) in [5.74, 6) is -6.60. The minimum atomic E-state index is -2.04. The summed E-state index contributed by atoms with van der Waals surface area (Å²) in [6, 6.07) is 1.07. The number of carboxylic acids is 2. The number of aryl methyl sites for hydroxylation is 1. The van der Waals surface area contributed by atoms with Crippen LogP contribution in [0.5, 0.6) is 11.5 Å². The van der Waals surface area contributed by atoms with Crippen molar-refractivity contribution in [1.29, 1.82) is 0 Å². The van der Waals surface area contributed by atoms with E-state index in [2.05, 4.69) is 0 Å². The fourth-order valence-corrected chi connectivity index (χ4v) is 6.39. The SMILES string of the molecule is Cc1ccc(O)c2c1[C@]13CCN(C)[C@H](C)[C@]1(O)CC=C(OC(=O)[C@@H](O)CC(=O)O[C@@H](C)C(=O)N[C@@H](CC(=O)O)C(=O)O)[C@@H]3O2. The molecule has 1 aromatic rings. The summed E-state index contributed by atoms with van der Waals surface area (Å²) in [5.41, 5.74) is -1.12. The summed E-state index contributed by atoms with van der Waals surface area (Å²) in [7, 11) is 1.89. The quantitative estimate of drug-likeness (QED) is 0.185. The van der Waals surface area contributed by atoms with Gasteiger partial charge in [0.25, 0.3) is 5.91 Å². The molecule has 240 valence electrons. The highest BCUT2D eigenvalue weighted by molar-refractivity contribution is 5.90. The summed E-state index contributed by atoms with van der Waals surface area (Å²) in [5, 5.41) is 53.1. The number of esters is 2. The van der Waals surface area contributed by atoms with Crippen molar-refractivity contribution in [1.82, 2.24) is 10.2 Å². The Bertz CT molecular complexity index is 1410. The number of likely N-dealkylation sites (tertiary alicyclic amines) is 1. The molecule has 2 heterocycles. The molecule has 0 radical (unpaired) electrons. The number of phenols is 1. The Hall–Kier alpha value is -4.21.